The highest BCUT2D eigenvalue weighted by Crippen LogP contribution is 2.29. The lowest BCUT2D eigenvalue weighted by molar-refractivity contribution is 0.202. The second kappa shape index (κ2) is 6.37. The molecular weight excluding hydrogens is 321 g/mol. The van der Waals surface area contributed by atoms with E-state index >= 15 is 0 Å². The Labute approximate surface area is 144 Å². The average molecular weight is 341 g/mol. The molecule has 0 unspecified atom stereocenters. The van der Waals surface area contributed by atoms with E-state index in [9.17, 15) is 14.6 Å². The van der Waals surface area contributed by atoms with Gasteiger partial charge in [0, 0.05) is 30.6 Å². The summed E-state index contributed by atoms with van der Waals surface area (Å²) in [5.41, 5.74) is 1.88. The Kier molecular flexibility index (Phi) is 4.05. The van der Waals surface area contributed by atoms with E-state index in [1.165, 1.54) is 0 Å². The number of nitrogens with zero attached hydrogens (tertiary/aromatic N) is 2. The number of nitrogens with one attached hydrogen (secondary N) is 1. The van der Waals surface area contributed by atoms with Crippen LogP contribution in [-0.4, -0.2) is 39.9 Å². The Balaban J connectivity index is 1.61. The van der Waals surface area contributed by atoms with E-state index in [2.05, 4.69) is 14.9 Å². The minimum absolute atomic E-state index is 0.179. The molecule has 6 heteroatoms. The van der Waals surface area contributed by atoms with E-state index in [-0.39, 0.29) is 12.4 Å². The van der Waals surface area contributed by atoms with Gasteiger partial charge >= 0.3 is 0 Å². The number of H-pyrrole nitrogens is 1. The van der Waals surface area contributed by atoms with Crippen LogP contribution in [0.2, 0.25) is 0 Å². The molecule has 1 aliphatic rings. The predicted octanol–water partition coefficient (Wildman–Crippen LogP) is 3.28. The molecule has 0 radical (unpaired) electrons. The van der Waals surface area contributed by atoms with Crippen LogP contribution in [0.3, 0.4) is 0 Å². The highest BCUT2D eigenvalue weighted by molar-refractivity contribution is 5.87. The van der Waals surface area contributed by atoms with Crippen LogP contribution in [0.15, 0.2) is 36.4 Å². The van der Waals surface area contributed by atoms with Crippen molar-refractivity contribution in [1.82, 2.24) is 9.97 Å². The van der Waals surface area contributed by atoms with E-state index in [1.54, 1.807) is 24.3 Å². The largest absolute Gasteiger partial charge is 0.508 e. The SMILES string of the molecule is OCC1CCN(c2ccc(-c3cc4cc(O)ccc4[nH]3)c(F)n2)CC1. The average Bonchev–Trinajstić information content (AvgIpc) is 3.04. The zero-order valence-corrected chi connectivity index (χ0v) is 13.7. The van der Waals surface area contributed by atoms with Gasteiger partial charge in [-0.3, -0.25) is 0 Å². The first-order valence-electron chi connectivity index (χ1n) is 8.48. The summed E-state index contributed by atoms with van der Waals surface area (Å²) >= 11 is 0. The number of phenols is 1. The first-order valence-corrected chi connectivity index (χ1v) is 8.48. The summed E-state index contributed by atoms with van der Waals surface area (Å²) in [4.78, 5) is 9.36. The lowest BCUT2D eigenvalue weighted by Gasteiger charge is -2.32. The van der Waals surface area contributed by atoms with Gasteiger partial charge in [0.2, 0.25) is 5.95 Å². The number of hydrogen-bond acceptors (Lipinski definition) is 4. The highest BCUT2D eigenvalue weighted by atomic mass is 19.1. The van der Waals surface area contributed by atoms with Gasteiger partial charge in [0.05, 0.1) is 11.3 Å². The smallest absolute Gasteiger partial charge is 0.224 e. The van der Waals surface area contributed by atoms with Crippen molar-refractivity contribution in [3.63, 3.8) is 0 Å². The molecule has 0 spiro atoms. The van der Waals surface area contributed by atoms with Crippen LogP contribution in [0.4, 0.5) is 10.2 Å². The number of rotatable bonds is 3. The summed E-state index contributed by atoms with van der Waals surface area (Å²) in [6.07, 6.45) is 1.79. The van der Waals surface area contributed by atoms with Gasteiger partial charge in [-0.05, 0) is 55.2 Å². The molecule has 0 aliphatic carbocycles. The van der Waals surface area contributed by atoms with Gasteiger partial charge < -0.3 is 20.1 Å². The van der Waals surface area contributed by atoms with Gasteiger partial charge in [-0.15, -0.1) is 0 Å². The van der Waals surface area contributed by atoms with E-state index < -0.39 is 5.95 Å². The Bertz CT molecular complexity index is 901. The number of aliphatic hydroxyl groups is 1. The molecule has 1 saturated heterocycles. The number of piperidine rings is 1. The van der Waals surface area contributed by atoms with Crippen molar-refractivity contribution in [2.24, 2.45) is 5.92 Å². The minimum atomic E-state index is -0.516. The number of aromatic nitrogens is 2. The molecular formula is C19H20FN3O2. The van der Waals surface area contributed by atoms with E-state index in [4.69, 9.17) is 0 Å². The third kappa shape index (κ3) is 3.05. The Morgan fingerprint density at radius 1 is 1.16 bits per heavy atom. The Morgan fingerprint density at radius 3 is 2.68 bits per heavy atom. The van der Waals surface area contributed by atoms with Crippen LogP contribution in [0.1, 0.15) is 12.8 Å². The quantitative estimate of drug-likeness (QED) is 0.639. The molecule has 25 heavy (non-hydrogen) atoms. The number of aromatic hydroxyl groups is 1. The summed E-state index contributed by atoms with van der Waals surface area (Å²) in [6, 6.07) is 10.4. The lowest BCUT2D eigenvalue weighted by atomic mass is 9.98. The fourth-order valence-electron chi connectivity index (χ4n) is 3.41. The summed E-state index contributed by atoms with van der Waals surface area (Å²) in [6.45, 7) is 1.77. The van der Waals surface area contributed by atoms with Gasteiger partial charge in [0.15, 0.2) is 0 Å². The van der Waals surface area contributed by atoms with Crippen molar-refractivity contribution in [3.05, 3.63) is 42.3 Å². The number of anilines is 1. The number of benzene rings is 1. The Morgan fingerprint density at radius 2 is 1.96 bits per heavy atom. The predicted molar refractivity (Wildman–Crippen MR) is 95.2 cm³/mol. The zero-order valence-electron chi connectivity index (χ0n) is 13.7. The van der Waals surface area contributed by atoms with Crippen LogP contribution in [0.5, 0.6) is 5.75 Å². The third-order valence-electron chi connectivity index (χ3n) is 4.93. The van der Waals surface area contributed by atoms with Crippen molar-refractivity contribution in [2.45, 2.75) is 12.8 Å². The van der Waals surface area contributed by atoms with Crippen molar-refractivity contribution in [1.29, 1.82) is 0 Å². The lowest BCUT2D eigenvalue weighted by Crippen LogP contribution is -2.35. The summed E-state index contributed by atoms with van der Waals surface area (Å²) in [5.74, 6) is 0.630. The monoisotopic (exact) mass is 341 g/mol. The van der Waals surface area contributed by atoms with Gasteiger partial charge in [0.25, 0.3) is 0 Å². The number of aliphatic hydroxyl groups excluding tert-OH is 1. The van der Waals surface area contributed by atoms with Crippen LogP contribution in [-0.2, 0) is 0 Å². The molecule has 0 atom stereocenters. The van der Waals surface area contributed by atoms with Gasteiger partial charge in [0.1, 0.15) is 11.6 Å². The summed E-state index contributed by atoms with van der Waals surface area (Å²) in [5, 5.41) is 19.6. The van der Waals surface area contributed by atoms with Crippen molar-refractivity contribution < 1.29 is 14.6 Å². The fraction of sp³-hybridized carbons (Fsp3) is 0.316. The molecule has 1 aliphatic heterocycles. The maximum atomic E-state index is 14.6. The number of hydrogen-bond donors (Lipinski definition) is 3. The molecule has 130 valence electrons. The normalized spacial score (nSPS) is 15.8. The number of aromatic amines is 1. The molecule has 1 aromatic carbocycles. The van der Waals surface area contributed by atoms with Gasteiger partial charge in [-0.1, -0.05) is 0 Å². The third-order valence-corrected chi connectivity index (χ3v) is 4.93. The molecule has 0 bridgehead atoms. The standard InChI is InChI=1S/C19H20FN3O2/c20-19-15(17-10-13-9-14(25)1-3-16(13)21-17)2-4-18(22-19)23-7-5-12(11-24)6-8-23/h1-4,9-10,12,21,24-25H,5-8,11H2. The van der Waals surface area contributed by atoms with Crippen molar-refractivity contribution in [2.75, 3.05) is 24.6 Å². The van der Waals surface area contributed by atoms with Gasteiger partial charge in [-0.2, -0.15) is 4.39 Å². The topological polar surface area (TPSA) is 72.4 Å². The van der Waals surface area contributed by atoms with Gasteiger partial charge in [-0.25, -0.2) is 4.98 Å². The van der Waals surface area contributed by atoms with E-state index in [0.29, 0.717) is 23.0 Å². The summed E-state index contributed by atoms with van der Waals surface area (Å²) in [7, 11) is 0. The van der Waals surface area contributed by atoms with Crippen molar-refractivity contribution >= 4 is 16.7 Å². The first kappa shape index (κ1) is 15.9. The van der Waals surface area contributed by atoms with Crippen LogP contribution >= 0.6 is 0 Å². The molecule has 4 rings (SSSR count). The molecule has 0 amide bonds. The van der Waals surface area contributed by atoms with Crippen LogP contribution < -0.4 is 4.90 Å². The number of fused-ring (bicyclic) bond motifs is 1. The zero-order chi connectivity index (χ0) is 17.4. The van der Waals surface area contributed by atoms with E-state index in [0.717, 1.165) is 36.8 Å². The highest BCUT2D eigenvalue weighted by Gasteiger charge is 2.20. The van der Waals surface area contributed by atoms with Crippen LogP contribution in [0, 0.1) is 11.9 Å². The Hall–Kier alpha value is -2.60. The molecule has 3 N–H and O–H groups in total. The first-order chi connectivity index (χ1) is 12.1. The molecule has 5 nitrogen and oxygen atoms in total. The van der Waals surface area contributed by atoms with E-state index in [1.807, 2.05) is 12.1 Å². The number of halogens is 1. The molecule has 0 saturated carbocycles. The second-order valence-electron chi connectivity index (χ2n) is 6.58. The molecule has 3 aromatic rings. The summed E-state index contributed by atoms with van der Waals surface area (Å²) < 4.78 is 14.6. The minimum Gasteiger partial charge on any atom is -0.508 e. The molecule has 1 fully saturated rings. The molecule has 2 aromatic heterocycles. The van der Waals surface area contributed by atoms with Crippen LogP contribution in [0.25, 0.3) is 22.2 Å². The van der Waals surface area contributed by atoms with Crippen molar-refractivity contribution in [3.8, 4) is 17.0 Å². The second-order valence-corrected chi connectivity index (χ2v) is 6.58. The number of pyridine rings is 1. The molecule has 3 heterocycles. The fourth-order valence-corrected chi connectivity index (χ4v) is 3.41. The number of phenolic OH excluding ortho intramolecular Hbond substituents is 1. The maximum absolute atomic E-state index is 14.6. The maximum Gasteiger partial charge on any atom is 0.224 e.